The molecular weight excluding hydrogens is 1410 g/mol. The molecule has 33 nitrogen and oxygen atoms in total. The number of amides is 15. The van der Waals surface area contributed by atoms with Crippen LogP contribution in [0.1, 0.15) is 76.8 Å². The van der Waals surface area contributed by atoms with E-state index in [4.69, 9.17) is 61.7 Å². The molecule has 19 N–H and O–H groups in total. The van der Waals surface area contributed by atoms with Crippen molar-refractivity contribution in [2.45, 2.75) is 115 Å². The molecule has 3 aromatic carbocycles. The summed E-state index contributed by atoms with van der Waals surface area (Å²) in [6, 6.07) is 3.68. The Morgan fingerprint density at radius 3 is 1.40 bits per heavy atom. The number of aliphatic carboxylic acids is 3. The van der Waals surface area contributed by atoms with Crippen molar-refractivity contribution in [1.82, 2.24) is 62.7 Å². The van der Waals surface area contributed by atoms with Gasteiger partial charge in [0.15, 0.2) is 5.12 Å². The Labute approximate surface area is 579 Å². The Bertz CT molecular complexity index is 3800. The van der Waals surface area contributed by atoms with Crippen molar-refractivity contribution in [3.8, 4) is 0 Å². The Hall–Kier alpha value is -9.79. The Morgan fingerprint density at radius 1 is 0.612 bits per heavy atom. The number of urea groups is 5. The lowest BCUT2D eigenvalue weighted by atomic mass is 10.1. The van der Waals surface area contributed by atoms with Gasteiger partial charge in [-0.15, -0.1) is 12.4 Å². The van der Waals surface area contributed by atoms with Crippen molar-refractivity contribution in [2.75, 3.05) is 18.2 Å². The van der Waals surface area contributed by atoms with E-state index in [1.807, 2.05) is 12.2 Å². The third-order valence-corrected chi connectivity index (χ3v) is 15.4. The summed E-state index contributed by atoms with van der Waals surface area (Å²) in [6.07, 6.45) is 5.85. The topological polar surface area (TPSA) is 524 Å². The van der Waals surface area contributed by atoms with Crippen LogP contribution in [-0.2, 0) is 60.8 Å². The molecule has 6 atom stereocenters. The number of hydrogen-bond acceptors (Lipinski definition) is 19. The summed E-state index contributed by atoms with van der Waals surface area (Å²) in [4.78, 5) is 168. The number of nitrogens with zero attached hydrogens (tertiary/aromatic N) is 1. The number of halogens is 7. The number of benzene rings is 3. The lowest BCUT2D eigenvalue weighted by molar-refractivity contribution is -0.140. The van der Waals surface area contributed by atoms with Crippen LogP contribution in [0.2, 0.25) is 15.1 Å². The number of rotatable bonds is 19. The van der Waals surface area contributed by atoms with Crippen LogP contribution in [0.15, 0.2) is 54.9 Å². The van der Waals surface area contributed by atoms with E-state index in [0.717, 1.165) is 38.8 Å². The van der Waals surface area contributed by atoms with Crippen LogP contribution in [0.3, 0.4) is 0 Å². The quantitative estimate of drug-likeness (QED) is 0.0237. The maximum atomic E-state index is 13.4. The number of nitrogen functional groups attached to an aromatic ring is 1. The molecular formula is C57H68Cl4F3N15O18S. The molecule has 0 unspecified atom stereocenters. The number of carboxylic acid groups (broad SMARTS) is 3. The summed E-state index contributed by atoms with van der Waals surface area (Å²) in [7, 11) is 1.43. The number of H-pyrrole nitrogens is 2. The van der Waals surface area contributed by atoms with Crippen LogP contribution in [0, 0.1) is 17.5 Å². The minimum atomic E-state index is -1.17. The standard InChI is InChI=1S/C13H11ClFN3O2.C12H9ClFN3O2.C8H12N2O3S.C6H6ClFN2.C6H8N2O4.C6H8N2O3.C5H9NO4.CH4.ClH/c1-18-12(19)9(17-13(18)20)4-6-5-16-11-7(6)2-3-8(15)10(11)14;13-9-7(14)2-1-6-5(4-15-10(6)9)3-8-11(18)17-12(19)16-8;1-2-14-6(11)4-3-5-7(12)10-8(13)9-5;7-6-4(8)2-1-3-5(6)10-9;9-4(10)2-1-3-5(11)8-6(12)7-3;9-3-1-2-4-5(10)8-6(11)7-4;6-3(5(9)10)1-2-4(7)8;;/h2-3,5,9,16H,4H2,1H3,(H,17,20);1-2,4,8,15H,3H2,(H2,16,17,18,19);5H,2-4H2,1H3,(H2,9,10,12,13);1-3,10H,9H2;3H,1-2H2,(H,9,10)(H2,7,8,11,12);3-4H,1-2H2,(H2,7,8,10,11);3H,1-2,6H2,(H,7,8)(H,9,10);1H4;1H/t9-;8-;5-;;3-;4-;3-;;/m111.111../s1. The first-order valence-corrected chi connectivity index (χ1v) is 30.3. The largest absolute Gasteiger partial charge is 0.481 e. The zero-order valence-corrected chi connectivity index (χ0v) is 54.6. The number of carbonyl (C=O) groups excluding carboxylic acids is 12. The van der Waals surface area contributed by atoms with Crippen LogP contribution in [-0.4, -0.2) is 168 Å². The number of hydrazine groups is 1. The second-order valence-corrected chi connectivity index (χ2v) is 22.7. The van der Waals surface area contributed by atoms with Gasteiger partial charge in [0, 0.05) is 68.7 Å². The second-order valence-electron chi connectivity index (χ2n) is 20.2. The Balaban J connectivity index is 0.000000395. The summed E-state index contributed by atoms with van der Waals surface area (Å²) >= 11 is 18.4. The lowest BCUT2D eigenvalue weighted by Gasteiger charge is -2.07. The molecule has 2 aromatic heterocycles. The fraction of sp³-hybridized carbons (Fsp3) is 0.351. The summed E-state index contributed by atoms with van der Waals surface area (Å²) in [5, 5.41) is 46.7. The second kappa shape index (κ2) is 40.7. The average molecular weight is 1480 g/mol. The molecule has 98 heavy (non-hydrogen) atoms. The van der Waals surface area contributed by atoms with Gasteiger partial charge in [-0.1, -0.05) is 67.0 Å². The minimum Gasteiger partial charge on any atom is -0.481 e. The third-order valence-electron chi connectivity index (χ3n) is 13.4. The number of likely N-dealkylation sites (N-methyl/N-ethyl adjacent to an activating group) is 1. The first-order chi connectivity index (χ1) is 45.3. The number of aromatic nitrogens is 2. The summed E-state index contributed by atoms with van der Waals surface area (Å²) in [5.41, 5.74) is 10.2. The number of imide groups is 5. The van der Waals surface area contributed by atoms with Crippen molar-refractivity contribution in [3.63, 3.8) is 0 Å². The average Bonchev–Trinajstić information content (AvgIpc) is 1.64. The summed E-state index contributed by atoms with van der Waals surface area (Å²) in [6.45, 7) is 1.90. The zero-order valence-electron chi connectivity index (χ0n) is 50.7. The van der Waals surface area contributed by atoms with E-state index in [2.05, 4.69) is 57.9 Å². The molecule has 0 aliphatic carbocycles. The van der Waals surface area contributed by atoms with E-state index >= 15 is 0 Å². The molecule has 0 radical (unpaired) electrons. The van der Waals surface area contributed by atoms with Crippen LogP contribution < -0.4 is 64.9 Å². The third kappa shape index (κ3) is 25.7. The fourth-order valence-corrected chi connectivity index (χ4v) is 9.76. The van der Waals surface area contributed by atoms with Gasteiger partial charge in [0.2, 0.25) is 0 Å². The number of aromatic amines is 2. The predicted octanol–water partition coefficient (Wildman–Crippen LogP) is 4.34. The van der Waals surface area contributed by atoms with Gasteiger partial charge in [-0.2, -0.15) is 0 Å². The van der Waals surface area contributed by atoms with Crippen LogP contribution in [0.25, 0.3) is 21.8 Å². The van der Waals surface area contributed by atoms with Gasteiger partial charge in [0.05, 0.1) is 16.7 Å². The molecule has 5 saturated heterocycles. The monoisotopic (exact) mass is 1480 g/mol. The van der Waals surface area contributed by atoms with Crippen LogP contribution in [0.4, 0.5) is 42.8 Å². The van der Waals surface area contributed by atoms with Gasteiger partial charge >= 0.3 is 48.1 Å². The van der Waals surface area contributed by atoms with Gasteiger partial charge in [-0.3, -0.25) is 75.2 Å². The Morgan fingerprint density at radius 2 is 1.03 bits per heavy atom. The highest BCUT2D eigenvalue weighted by Gasteiger charge is 2.36. The van der Waals surface area contributed by atoms with Crippen LogP contribution in [0.5, 0.6) is 0 Å². The maximum Gasteiger partial charge on any atom is 0.324 e. The molecule has 5 aliphatic heterocycles. The number of hydrogen-bond donors (Lipinski definition) is 17. The molecule has 5 aromatic rings. The molecule has 0 spiro atoms. The van der Waals surface area contributed by atoms with Gasteiger partial charge in [0.1, 0.15) is 75.1 Å². The number of aldehydes is 1. The molecule has 534 valence electrons. The van der Waals surface area contributed by atoms with E-state index in [9.17, 15) is 85.1 Å². The highest BCUT2D eigenvalue weighted by atomic mass is 35.5. The van der Waals surface area contributed by atoms with E-state index < -0.39 is 108 Å². The predicted molar refractivity (Wildman–Crippen MR) is 351 cm³/mol. The number of thioether (sulfide) groups is 1. The number of fused-ring (bicyclic) bond motifs is 2. The van der Waals surface area contributed by atoms with Gasteiger partial charge < -0.3 is 67.8 Å². The van der Waals surface area contributed by atoms with E-state index in [0.29, 0.717) is 55.2 Å². The lowest BCUT2D eigenvalue weighted by Crippen LogP contribution is -2.31. The molecule has 7 heterocycles. The molecule has 0 saturated carbocycles. The number of carboxylic acids is 3. The minimum absolute atomic E-state index is 0. The van der Waals surface area contributed by atoms with Crippen molar-refractivity contribution in [2.24, 2.45) is 11.6 Å². The Kier molecular flexibility index (Phi) is 35.0. The molecule has 10 rings (SSSR count). The first kappa shape index (κ1) is 84.3. The highest BCUT2D eigenvalue weighted by molar-refractivity contribution is 8.13. The van der Waals surface area contributed by atoms with E-state index in [1.165, 1.54) is 43.1 Å². The maximum absolute atomic E-state index is 13.4. The molecule has 41 heteroatoms. The first-order valence-electron chi connectivity index (χ1n) is 28.1. The number of carbonyl (C=O) groups is 15. The summed E-state index contributed by atoms with van der Waals surface area (Å²) in [5.74, 6) is -0.703. The molecule has 5 fully saturated rings. The number of nitrogens with two attached hydrogens (primary N) is 2. The van der Waals surface area contributed by atoms with Crippen LogP contribution >= 0.6 is 59.0 Å². The van der Waals surface area contributed by atoms with Gasteiger partial charge in [-0.25, -0.2) is 37.1 Å². The zero-order chi connectivity index (χ0) is 71.7. The van der Waals surface area contributed by atoms with Crippen molar-refractivity contribution < 1.29 is 100 Å². The normalized spacial score (nSPS) is 17.9. The van der Waals surface area contributed by atoms with Crippen molar-refractivity contribution in [3.05, 3.63) is 98.5 Å². The van der Waals surface area contributed by atoms with Gasteiger partial charge in [0.25, 0.3) is 29.5 Å². The summed E-state index contributed by atoms with van der Waals surface area (Å²) < 4.78 is 39.2. The SMILES string of the molecule is C.CCSC(=O)CC[C@H]1NC(=O)NC1=O.CN1C(=O)N[C@H](Cc2c[nH]c3c(Cl)c(F)ccc23)C1=O.Cl.NNc1cccc(F)c1Cl.N[C@H](CCC(=O)O)C(=O)O.O=C(O)CC[C@H]1NC(=O)NC1=O.O=C1NC(=O)[C@@H](Cc2c[nH]c3c(Cl)c(F)ccc23)N1.O=CCC[C@H]1NC(=O)NC1=O. The van der Waals surface area contributed by atoms with E-state index in [-0.39, 0.29) is 89.3 Å². The van der Waals surface area contributed by atoms with Gasteiger partial charge in [-0.05, 0) is 79.0 Å². The molecule has 5 aliphatic rings. The highest BCUT2D eigenvalue weighted by Crippen LogP contribution is 2.31. The fourth-order valence-electron chi connectivity index (χ4n) is 8.55. The van der Waals surface area contributed by atoms with E-state index in [1.54, 1.807) is 30.6 Å². The molecule has 0 bridgehead atoms. The van der Waals surface area contributed by atoms with Crippen molar-refractivity contribution in [1.29, 1.82) is 0 Å². The molecule has 15 amide bonds. The number of anilines is 1. The van der Waals surface area contributed by atoms with Crippen molar-refractivity contribution >= 4 is 175 Å². The number of nitrogens with one attached hydrogen (secondary N) is 12. The smallest absolute Gasteiger partial charge is 0.324 e.